The Hall–Kier alpha value is -0.930. The number of aryl methyl sites for hydroxylation is 1. The predicted molar refractivity (Wildman–Crippen MR) is 81.5 cm³/mol. The van der Waals surface area contributed by atoms with Crippen LogP contribution in [0.1, 0.15) is 5.56 Å². The first-order valence-electron chi connectivity index (χ1n) is 5.82. The molecule has 18 heavy (non-hydrogen) atoms. The Labute approximate surface area is 121 Å². The highest BCUT2D eigenvalue weighted by molar-refractivity contribution is 9.10. The van der Waals surface area contributed by atoms with Crippen LogP contribution in [0, 0.1) is 6.92 Å². The maximum atomic E-state index is 5.67. The lowest BCUT2D eigenvalue weighted by atomic mass is 10.2. The molecule has 1 nitrogen and oxygen atoms in total. The summed E-state index contributed by atoms with van der Waals surface area (Å²) in [6.45, 7) is 2.84. The first kappa shape index (κ1) is 13.5. The van der Waals surface area contributed by atoms with Gasteiger partial charge in [0.25, 0.3) is 0 Å². The number of thioether (sulfide) groups is 1. The molecule has 0 saturated carbocycles. The highest BCUT2D eigenvalue weighted by Gasteiger charge is 1.96. The summed E-state index contributed by atoms with van der Waals surface area (Å²) in [4.78, 5) is 1.30. The molecule has 0 aliphatic carbocycles. The minimum Gasteiger partial charge on any atom is -0.493 e. The van der Waals surface area contributed by atoms with Gasteiger partial charge in [-0.05, 0) is 43.3 Å². The van der Waals surface area contributed by atoms with E-state index in [1.165, 1.54) is 10.5 Å². The van der Waals surface area contributed by atoms with Gasteiger partial charge >= 0.3 is 0 Å². The van der Waals surface area contributed by atoms with Gasteiger partial charge in [-0.15, -0.1) is 11.8 Å². The summed E-state index contributed by atoms with van der Waals surface area (Å²) in [5.74, 6) is 1.88. The SMILES string of the molecule is Cc1cccc(SCCOc2ccc(Br)cc2)c1. The van der Waals surface area contributed by atoms with Crippen LogP contribution in [0.2, 0.25) is 0 Å². The fraction of sp³-hybridized carbons (Fsp3) is 0.200. The highest BCUT2D eigenvalue weighted by Crippen LogP contribution is 2.20. The van der Waals surface area contributed by atoms with E-state index in [1.807, 2.05) is 36.0 Å². The van der Waals surface area contributed by atoms with Crippen molar-refractivity contribution in [2.75, 3.05) is 12.4 Å². The van der Waals surface area contributed by atoms with Gasteiger partial charge in [0.15, 0.2) is 0 Å². The van der Waals surface area contributed by atoms with E-state index in [2.05, 4.69) is 47.1 Å². The number of benzene rings is 2. The van der Waals surface area contributed by atoms with Crippen molar-refractivity contribution in [3.8, 4) is 5.75 Å². The predicted octanol–water partition coefficient (Wildman–Crippen LogP) is 4.93. The monoisotopic (exact) mass is 322 g/mol. The standard InChI is InChI=1S/C15H15BrOS/c1-12-3-2-4-15(11-12)18-10-9-17-14-7-5-13(16)6-8-14/h2-8,11H,9-10H2,1H3. The molecule has 0 unspecified atom stereocenters. The van der Waals surface area contributed by atoms with Crippen LogP contribution in [0.4, 0.5) is 0 Å². The van der Waals surface area contributed by atoms with Gasteiger partial charge in [-0.3, -0.25) is 0 Å². The van der Waals surface area contributed by atoms with Crippen molar-refractivity contribution < 1.29 is 4.74 Å². The van der Waals surface area contributed by atoms with Crippen molar-refractivity contribution >= 4 is 27.7 Å². The van der Waals surface area contributed by atoms with Crippen molar-refractivity contribution in [1.82, 2.24) is 0 Å². The average Bonchev–Trinajstić information content (AvgIpc) is 2.37. The van der Waals surface area contributed by atoms with E-state index >= 15 is 0 Å². The summed E-state index contributed by atoms with van der Waals surface area (Å²) in [5.41, 5.74) is 1.30. The quantitative estimate of drug-likeness (QED) is 0.570. The van der Waals surface area contributed by atoms with Crippen LogP contribution in [0.5, 0.6) is 5.75 Å². The first-order chi connectivity index (χ1) is 8.74. The summed E-state index contributed by atoms with van der Waals surface area (Å²) in [7, 11) is 0. The van der Waals surface area contributed by atoms with Crippen LogP contribution in [-0.2, 0) is 0 Å². The average molecular weight is 323 g/mol. The molecule has 0 aliphatic rings. The van der Waals surface area contributed by atoms with Crippen LogP contribution in [-0.4, -0.2) is 12.4 Å². The Kier molecular flexibility index (Phi) is 5.14. The maximum absolute atomic E-state index is 5.67. The van der Waals surface area contributed by atoms with E-state index in [9.17, 15) is 0 Å². The largest absolute Gasteiger partial charge is 0.493 e. The zero-order valence-corrected chi connectivity index (χ0v) is 12.6. The van der Waals surface area contributed by atoms with Gasteiger partial charge in [-0.1, -0.05) is 33.6 Å². The second-order valence-electron chi connectivity index (χ2n) is 3.97. The zero-order chi connectivity index (χ0) is 12.8. The molecule has 0 N–H and O–H groups in total. The van der Waals surface area contributed by atoms with Gasteiger partial charge in [-0.25, -0.2) is 0 Å². The number of hydrogen-bond donors (Lipinski definition) is 0. The van der Waals surface area contributed by atoms with Gasteiger partial charge in [0.2, 0.25) is 0 Å². The summed E-state index contributed by atoms with van der Waals surface area (Å²) < 4.78 is 6.74. The van der Waals surface area contributed by atoms with Gasteiger partial charge in [-0.2, -0.15) is 0 Å². The van der Waals surface area contributed by atoms with Crippen molar-refractivity contribution in [3.63, 3.8) is 0 Å². The molecule has 0 heterocycles. The molecule has 0 fully saturated rings. The molecule has 0 bridgehead atoms. The third kappa shape index (κ3) is 4.39. The van der Waals surface area contributed by atoms with E-state index in [0.29, 0.717) is 0 Å². The summed E-state index contributed by atoms with van der Waals surface area (Å²) in [6.07, 6.45) is 0. The first-order valence-corrected chi connectivity index (χ1v) is 7.60. The smallest absolute Gasteiger partial charge is 0.119 e. The molecule has 3 heteroatoms. The molecule has 0 aliphatic heterocycles. The van der Waals surface area contributed by atoms with Crippen LogP contribution in [0.3, 0.4) is 0 Å². The lowest BCUT2D eigenvalue weighted by Gasteiger charge is -2.06. The normalized spacial score (nSPS) is 10.3. The highest BCUT2D eigenvalue weighted by atomic mass is 79.9. The van der Waals surface area contributed by atoms with Crippen LogP contribution >= 0.6 is 27.7 Å². The summed E-state index contributed by atoms with van der Waals surface area (Å²) in [5, 5.41) is 0. The Morgan fingerprint density at radius 2 is 1.89 bits per heavy atom. The number of ether oxygens (including phenoxy) is 1. The van der Waals surface area contributed by atoms with Crippen molar-refractivity contribution in [2.24, 2.45) is 0 Å². The Morgan fingerprint density at radius 1 is 1.11 bits per heavy atom. The fourth-order valence-corrected chi connectivity index (χ4v) is 2.67. The van der Waals surface area contributed by atoms with Gasteiger partial charge in [0, 0.05) is 15.1 Å². The number of rotatable bonds is 5. The van der Waals surface area contributed by atoms with Crippen molar-refractivity contribution in [2.45, 2.75) is 11.8 Å². The van der Waals surface area contributed by atoms with E-state index in [4.69, 9.17) is 4.74 Å². The minimum atomic E-state index is 0.722. The van der Waals surface area contributed by atoms with Crippen molar-refractivity contribution in [3.05, 3.63) is 58.6 Å². The summed E-state index contributed by atoms with van der Waals surface area (Å²) >= 11 is 5.23. The Bertz CT molecular complexity index is 496. The third-order valence-electron chi connectivity index (χ3n) is 2.42. The molecular formula is C15H15BrOS. The maximum Gasteiger partial charge on any atom is 0.119 e. The second-order valence-corrected chi connectivity index (χ2v) is 6.05. The molecule has 0 amide bonds. The van der Waals surface area contributed by atoms with E-state index in [-0.39, 0.29) is 0 Å². The third-order valence-corrected chi connectivity index (χ3v) is 3.91. The molecule has 0 spiro atoms. The van der Waals surface area contributed by atoms with Crippen molar-refractivity contribution in [1.29, 1.82) is 0 Å². The zero-order valence-electron chi connectivity index (χ0n) is 10.2. The molecule has 0 radical (unpaired) electrons. The lowest BCUT2D eigenvalue weighted by Crippen LogP contribution is -1.99. The molecular weight excluding hydrogens is 308 g/mol. The number of halogens is 1. The Morgan fingerprint density at radius 3 is 2.61 bits per heavy atom. The number of hydrogen-bond acceptors (Lipinski definition) is 2. The topological polar surface area (TPSA) is 9.23 Å². The van der Waals surface area contributed by atoms with E-state index in [0.717, 1.165) is 22.6 Å². The van der Waals surface area contributed by atoms with Crippen LogP contribution in [0.15, 0.2) is 57.9 Å². The summed E-state index contributed by atoms with van der Waals surface area (Å²) in [6, 6.07) is 16.5. The Balaban J connectivity index is 1.74. The van der Waals surface area contributed by atoms with E-state index < -0.39 is 0 Å². The van der Waals surface area contributed by atoms with Gasteiger partial charge < -0.3 is 4.74 Å². The minimum absolute atomic E-state index is 0.722. The molecule has 0 aromatic heterocycles. The second kappa shape index (κ2) is 6.86. The molecule has 0 atom stereocenters. The van der Waals surface area contributed by atoms with Crippen LogP contribution < -0.4 is 4.74 Å². The molecule has 0 saturated heterocycles. The van der Waals surface area contributed by atoms with Gasteiger partial charge in [0.1, 0.15) is 5.75 Å². The molecule has 94 valence electrons. The van der Waals surface area contributed by atoms with Crippen LogP contribution in [0.25, 0.3) is 0 Å². The fourth-order valence-electron chi connectivity index (χ4n) is 1.55. The molecule has 2 aromatic carbocycles. The molecule has 2 aromatic rings. The molecule has 2 rings (SSSR count). The lowest BCUT2D eigenvalue weighted by molar-refractivity contribution is 0.344. The van der Waals surface area contributed by atoms with E-state index in [1.54, 1.807) is 0 Å². The van der Waals surface area contributed by atoms with Gasteiger partial charge in [0.05, 0.1) is 6.61 Å².